The fourth-order valence-electron chi connectivity index (χ4n) is 0. The van der Waals surface area contributed by atoms with E-state index in [0.717, 1.165) is 0 Å². The van der Waals surface area contributed by atoms with E-state index in [4.69, 9.17) is 10.2 Å². The Bertz CT molecular complexity index is 255. The van der Waals surface area contributed by atoms with Crippen molar-refractivity contribution in [3.05, 3.63) is 152 Å². The van der Waals surface area contributed by atoms with E-state index in [1.54, 1.807) is 72.9 Å². The van der Waals surface area contributed by atoms with Gasteiger partial charge in [0.1, 0.15) is 0 Å². The third kappa shape index (κ3) is 8210. The largest absolute Gasteiger partial charge is 0.394 e. The van der Waals surface area contributed by atoms with Gasteiger partial charge >= 0.3 is 0 Å². The summed E-state index contributed by atoms with van der Waals surface area (Å²) in [6, 6.07) is 0. The maximum Gasteiger partial charge on any atom is 0.0662 e. The van der Waals surface area contributed by atoms with Gasteiger partial charge in [-0.2, -0.15) is 0 Å². The number of hydrogen-bond acceptors (Lipinski definition) is 2. The average Bonchev–Trinajstić information content (AvgIpc) is 2.85. The molecule has 0 bridgehead atoms. The summed E-state index contributed by atoms with van der Waals surface area (Å²) in [5.74, 6) is 0. The predicted octanol–water partition coefficient (Wildman–Crippen LogP) is 13.3. The zero-order valence-electron chi connectivity index (χ0n) is 29.7. The lowest BCUT2D eigenvalue weighted by atomic mass is 10.8. The van der Waals surface area contributed by atoms with Crippen molar-refractivity contribution in [3.63, 3.8) is 0 Å². The second-order valence-electron chi connectivity index (χ2n) is 5.35. The van der Waals surface area contributed by atoms with E-state index >= 15 is 0 Å². The summed E-state index contributed by atoms with van der Waals surface area (Å²) in [4.78, 5) is 0. The van der Waals surface area contributed by atoms with Crippen LogP contribution < -0.4 is 0 Å². The molecule has 0 saturated heterocycles. The van der Waals surface area contributed by atoms with Gasteiger partial charge in [0.25, 0.3) is 0 Å². The lowest BCUT2D eigenvalue weighted by Gasteiger charge is -1.70. The van der Waals surface area contributed by atoms with E-state index in [9.17, 15) is 0 Å². The van der Waals surface area contributed by atoms with Gasteiger partial charge in [0.15, 0.2) is 0 Å². The molecule has 0 fully saturated rings. The standard InChI is InChI=1S/12C3H6.C2H6O2/c12*1-3-2;3-1-2-4/h12*3H,1H2,2H3;3-4H,1-2H2. The van der Waals surface area contributed by atoms with Crippen LogP contribution in [0.2, 0.25) is 0 Å². The number of aliphatic hydroxyl groups is 2. The zero-order valence-corrected chi connectivity index (χ0v) is 29.7. The summed E-state index contributed by atoms with van der Waals surface area (Å²) >= 11 is 0. The van der Waals surface area contributed by atoms with Crippen LogP contribution in [0.1, 0.15) is 83.1 Å². The number of allylic oxidation sites excluding steroid dienone is 12. The lowest BCUT2D eigenvalue weighted by molar-refractivity contribution is 0.186. The summed E-state index contributed by atoms with van der Waals surface area (Å²) in [5.41, 5.74) is 0. The Morgan fingerprint density at radius 1 is 0.250 bits per heavy atom. The fraction of sp³-hybridized carbons (Fsp3) is 0.368. The summed E-state index contributed by atoms with van der Waals surface area (Å²) in [6.45, 7) is 62.8. The molecule has 0 aliphatic carbocycles. The molecule has 2 nitrogen and oxygen atoms in total. The first-order valence-electron chi connectivity index (χ1n) is 13.0. The maximum absolute atomic E-state index is 7.62. The predicted molar refractivity (Wildman–Crippen MR) is 205 cm³/mol. The Balaban J connectivity index is -0.0000000180. The van der Waals surface area contributed by atoms with Crippen molar-refractivity contribution in [3.8, 4) is 0 Å². The molecule has 0 spiro atoms. The topological polar surface area (TPSA) is 40.5 Å². The Kier molecular flexibility index (Phi) is 774. The molecule has 2 heteroatoms. The molecule has 0 heterocycles. The van der Waals surface area contributed by atoms with Gasteiger partial charge in [0.05, 0.1) is 13.2 Å². The SMILES string of the molecule is C=CC.C=CC.C=CC.C=CC.C=CC.C=CC.C=CC.C=CC.C=CC.C=CC.C=CC.C=CC.OCCO. The highest BCUT2D eigenvalue weighted by molar-refractivity contribution is 4.54. The maximum atomic E-state index is 7.62. The van der Waals surface area contributed by atoms with Crippen LogP contribution in [-0.4, -0.2) is 23.4 Å². The van der Waals surface area contributed by atoms with Crippen LogP contribution in [0.15, 0.2) is 152 Å². The molecular weight excluding hydrogens is 488 g/mol. The summed E-state index contributed by atoms with van der Waals surface area (Å²) < 4.78 is 0. The third-order valence-corrected chi connectivity index (χ3v) is 0.1000. The number of aliphatic hydroxyl groups excluding tert-OH is 2. The summed E-state index contributed by atoms with van der Waals surface area (Å²) in [7, 11) is 0. The van der Waals surface area contributed by atoms with Gasteiger partial charge in [-0.15, -0.1) is 78.9 Å². The zero-order chi connectivity index (χ0) is 35.9. The van der Waals surface area contributed by atoms with E-state index in [-0.39, 0.29) is 13.2 Å². The second-order valence-corrected chi connectivity index (χ2v) is 5.35. The minimum Gasteiger partial charge on any atom is -0.394 e. The van der Waals surface area contributed by atoms with Crippen molar-refractivity contribution in [1.82, 2.24) is 0 Å². The van der Waals surface area contributed by atoms with Crippen LogP contribution in [0.5, 0.6) is 0 Å². The minimum atomic E-state index is -0.125. The molecule has 0 radical (unpaired) electrons. The molecule has 0 rings (SSSR count). The Morgan fingerprint density at radius 2 is 0.275 bits per heavy atom. The number of hydrogen-bond donors (Lipinski definition) is 2. The first kappa shape index (κ1) is 83.3. The molecule has 0 aliphatic heterocycles. The van der Waals surface area contributed by atoms with E-state index in [2.05, 4.69) is 78.9 Å². The lowest BCUT2D eigenvalue weighted by Crippen LogP contribution is -1.85. The molecule has 2 N–H and O–H groups in total. The van der Waals surface area contributed by atoms with Crippen molar-refractivity contribution in [2.45, 2.75) is 83.1 Å². The molecule has 0 atom stereocenters. The highest BCUT2D eigenvalue weighted by Gasteiger charge is 1.58. The fourth-order valence-corrected chi connectivity index (χ4v) is 0. The van der Waals surface area contributed by atoms with E-state index in [1.807, 2.05) is 83.1 Å². The van der Waals surface area contributed by atoms with Gasteiger partial charge in [0.2, 0.25) is 0 Å². The second kappa shape index (κ2) is 372. The monoisotopic (exact) mass is 567 g/mol. The van der Waals surface area contributed by atoms with Crippen LogP contribution in [-0.2, 0) is 0 Å². The molecule has 40 heavy (non-hydrogen) atoms. The van der Waals surface area contributed by atoms with Gasteiger partial charge in [-0.1, -0.05) is 72.9 Å². The van der Waals surface area contributed by atoms with Crippen molar-refractivity contribution in [1.29, 1.82) is 0 Å². The molecule has 0 aliphatic rings. The summed E-state index contributed by atoms with van der Waals surface area (Å²) in [6.07, 6.45) is 21.0. The van der Waals surface area contributed by atoms with Crippen molar-refractivity contribution in [2.24, 2.45) is 0 Å². The highest BCUT2D eigenvalue weighted by atomic mass is 16.3. The van der Waals surface area contributed by atoms with Crippen LogP contribution in [0.25, 0.3) is 0 Å². The van der Waals surface area contributed by atoms with Crippen molar-refractivity contribution < 1.29 is 10.2 Å². The first-order valence-corrected chi connectivity index (χ1v) is 13.0. The van der Waals surface area contributed by atoms with Gasteiger partial charge in [0, 0.05) is 0 Å². The molecule has 0 amide bonds. The van der Waals surface area contributed by atoms with E-state index < -0.39 is 0 Å². The van der Waals surface area contributed by atoms with Gasteiger partial charge in [-0.05, 0) is 83.1 Å². The van der Waals surface area contributed by atoms with Gasteiger partial charge < -0.3 is 10.2 Å². The van der Waals surface area contributed by atoms with Gasteiger partial charge in [-0.25, -0.2) is 0 Å². The van der Waals surface area contributed by atoms with Crippen LogP contribution >= 0.6 is 0 Å². The smallest absolute Gasteiger partial charge is 0.0662 e. The Hall–Kier alpha value is -3.20. The van der Waals surface area contributed by atoms with E-state index in [0.29, 0.717) is 0 Å². The molecular formula is C38H78O2. The first-order chi connectivity index (χ1) is 18.9. The van der Waals surface area contributed by atoms with Crippen molar-refractivity contribution in [2.75, 3.05) is 13.2 Å². The van der Waals surface area contributed by atoms with E-state index in [1.165, 1.54) is 0 Å². The molecule has 0 unspecified atom stereocenters. The Morgan fingerprint density at radius 3 is 0.275 bits per heavy atom. The quantitative estimate of drug-likeness (QED) is 0.310. The van der Waals surface area contributed by atoms with Crippen LogP contribution in [0.3, 0.4) is 0 Å². The average molecular weight is 567 g/mol. The normalized spacial score (nSPS) is 4.65. The van der Waals surface area contributed by atoms with Crippen LogP contribution in [0, 0.1) is 0 Å². The minimum absolute atomic E-state index is 0.125. The summed E-state index contributed by atoms with van der Waals surface area (Å²) in [5, 5.41) is 15.2. The van der Waals surface area contributed by atoms with Crippen molar-refractivity contribution >= 4 is 0 Å². The Labute approximate surface area is 258 Å². The van der Waals surface area contributed by atoms with Gasteiger partial charge in [-0.3, -0.25) is 0 Å². The molecule has 0 aromatic heterocycles. The molecule has 242 valence electrons. The highest BCUT2D eigenvalue weighted by Crippen LogP contribution is 1.41. The molecule has 0 saturated carbocycles. The molecule has 0 aromatic rings. The number of rotatable bonds is 1. The molecule has 0 aromatic carbocycles. The van der Waals surface area contributed by atoms with Crippen LogP contribution in [0.4, 0.5) is 0 Å². The third-order valence-electron chi connectivity index (χ3n) is 0.1000.